The molecule has 154 valence electrons. The van der Waals surface area contributed by atoms with Crippen LogP contribution in [0.5, 0.6) is 0 Å². The molecule has 0 bridgehead atoms. The third-order valence-electron chi connectivity index (χ3n) is 6.24. The first kappa shape index (κ1) is 20.3. The predicted molar refractivity (Wildman–Crippen MR) is 115 cm³/mol. The van der Waals surface area contributed by atoms with Crippen molar-refractivity contribution in [1.29, 1.82) is 0 Å². The Morgan fingerprint density at radius 3 is 2.59 bits per heavy atom. The highest BCUT2D eigenvalue weighted by Crippen LogP contribution is 2.44. The van der Waals surface area contributed by atoms with Gasteiger partial charge in [-0.15, -0.1) is 0 Å². The number of hydrogen-bond acceptors (Lipinski definition) is 5. The maximum absolute atomic E-state index is 13.3. The fourth-order valence-corrected chi connectivity index (χ4v) is 5.81. The van der Waals surface area contributed by atoms with E-state index in [2.05, 4.69) is 21.9 Å². The zero-order valence-corrected chi connectivity index (χ0v) is 18.0. The van der Waals surface area contributed by atoms with Gasteiger partial charge in [-0.1, -0.05) is 30.2 Å². The lowest BCUT2D eigenvalue weighted by Gasteiger charge is -2.42. The van der Waals surface area contributed by atoms with Crippen LogP contribution >= 0.6 is 11.6 Å². The first-order valence-electron chi connectivity index (χ1n) is 9.76. The molecule has 0 radical (unpaired) electrons. The molecule has 0 saturated heterocycles. The van der Waals surface area contributed by atoms with Crippen LogP contribution < -0.4 is 5.32 Å². The van der Waals surface area contributed by atoms with Gasteiger partial charge in [0.2, 0.25) is 10.0 Å². The van der Waals surface area contributed by atoms with Crippen LogP contribution in [0.25, 0.3) is 0 Å². The largest absolute Gasteiger partial charge is 0.368 e. The van der Waals surface area contributed by atoms with Crippen molar-refractivity contribution in [3.8, 4) is 0 Å². The van der Waals surface area contributed by atoms with E-state index in [1.165, 1.54) is 22.1 Å². The van der Waals surface area contributed by atoms with Crippen LogP contribution in [0, 0.1) is 0 Å². The Bertz CT molecular complexity index is 1010. The Hall–Kier alpha value is -1.96. The molecule has 2 aromatic rings. The zero-order chi connectivity index (χ0) is 20.6. The van der Waals surface area contributed by atoms with Crippen LogP contribution in [-0.4, -0.2) is 42.3 Å². The molecule has 8 heteroatoms. The third-order valence-corrected chi connectivity index (χ3v) is 8.37. The molecule has 2 heterocycles. The predicted octanol–water partition coefficient (Wildman–Crippen LogP) is 4.00. The van der Waals surface area contributed by atoms with Crippen molar-refractivity contribution >= 4 is 27.4 Å². The van der Waals surface area contributed by atoms with Crippen LogP contribution in [0.2, 0.25) is 5.02 Å². The molecule has 2 aromatic heterocycles. The smallest absolute Gasteiger partial charge is 0.246 e. The fourth-order valence-electron chi connectivity index (χ4n) is 4.09. The number of halogens is 1. The van der Waals surface area contributed by atoms with E-state index in [1.54, 1.807) is 19.4 Å². The summed E-state index contributed by atoms with van der Waals surface area (Å²) in [6.45, 7) is 4.52. The highest BCUT2D eigenvalue weighted by molar-refractivity contribution is 7.89. The number of nitrogens with one attached hydrogen (secondary N) is 1. The highest BCUT2D eigenvalue weighted by Gasteiger charge is 2.40. The average Bonchev–Trinajstić information content (AvgIpc) is 2.66. The van der Waals surface area contributed by atoms with Gasteiger partial charge in [0.15, 0.2) is 0 Å². The van der Waals surface area contributed by atoms with Gasteiger partial charge in [-0.25, -0.2) is 13.4 Å². The Labute approximate surface area is 177 Å². The Balaban J connectivity index is 1.59. The number of nitrogens with zero attached hydrogens (tertiary/aromatic N) is 3. The van der Waals surface area contributed by atoms with Gasteiger partial charge in [0, 0.05) is 43.6 Å². The van der Waals surface area contributed by atoms with Gasteiger partial charge in [0.25, 0.3) is 0 Å². The number of anilines is 1. The van der Waals surface area contributed by atoms with Crippen molar-refractivity contribution in [3.05, 3.63) is 59.5 Å². The van der Waals surface area contributed by atoms with Crippen molar-refractivity contribution in [1.82, 2.24) is 14.3 Å². The number of rotatable bonds is 7. The lowest BCUT2D eigenvalue weighted by molar-refractivity contribution is 0.259. The van der Waals surface area contributed by atoms with Crippen molar-refractivity contribution in [2.45, 2.75) is 48.5 Å². The Kier molecular flexibility index (Phi) is 5.40. The minimum atomic E-state index is -3.72. The molecular formula is C21H25ClN4O2S. The van der Waals surface area contributed by atoms with Gasteiger partial charge in [0.1, 0.15) is 10.7 Å². The molecule has 29 heavy (non-hydrogen) atoms. The lowest BCUT2D eigenvalue weighted by atomic mass is 9.64. The first-order chi connectivity index (χ1) is 13.8. The topological polar surface area (TPSA) is 75.2 Å². The molecule has 2 saturated carbocycles. The molecule has 0 aliphatic heterocycles. The summed E-state index contributed by atoms with van der Waals surface area (Å²) in [5, 5.41) is 3.61. The number of hydrogen-bond donors (Lipinski definition) is 1. The summed E-state index contributed by atoms with van der Waals surface area (Å²) in [6.07, 6.45) is 9.70. The van der Waals surface area contributed by atoms with Crippen LogP contribution in [0.1, 0.15) is 37.7 Å². The number of sulfonamides is 1. The first-order valence-corrected chi connectivity index (χ1v) is 11.6. The second kappa shape index (κ2) is 7.70. The molecule has 2 aliphatic carbocycles. The summed E-state index contributed by atoms with van der Waals surface area (Å²) in [4.78, 5) is 8.55. The van der Waals surface area contributed by atoms with Gasteiger partial charge >= 0.3 is 0 Å². The summed E-state index contributed by atoms with van der Waals surface area (Å²) in [5.41, 5.74) is 2.27. The van der Waals surface area contributed by atoms with E-state index >= 15 is 0 Å². The second-order valence-electron chi connectivity index (χ2n) is 8.06. The Morgan fingerprint density at radius 2 is 2.00 bits per heavy atom. The monoisotopic (exact) mass is 432 g/mol. The molecule has 0 spiro atoms. The van der Waals surface area contributed by atoms with Crippen LogP contribution in [0.3, 0.4) is 0 Å². The van der Waals surface area contributed by atoms with Gasteiger partial charge in [-0.05, 0) is 49.4 Å². The SMILES string of the molecule is C=C1CC(N(C)S(=O)(=O)c2cc(Cl)cnc2NCC2(c3ccncc3)CCC2)C1. The van der Waals surface area contributed by atoms with E-state index < -0.39 is 10.0 Å². The molecule has 0 unspecified atom stereocenters. The summed E-state index contributed by atoms with van der Waals surface area (Å²) >= 11 is 6.11. The van der Waals surface area contributed by atoms with Crippen LogP contribution in [0.15, 0.2) is 53.8 Å². The van der Waals surface area contributed by atoms with E-state index in [0.29, 0.717) is 30.2 Å². The van der Waals surface area contributed by atoms with Gasteiger partial charge in [-0.2, -0.15) is 4.31 Å². The molecular weight excluding hydrogens is 408 g/mol. The van der Waals surface area contributed by atoms with E-state index in [0.717, 1.165) is 24.8 Å². The molecule has 4 rings (SSSR count). The van der Waals surface area contributed by atoms with Gasteiger partial charge in [-0.3, -0.25) is 4.98 Å². The van der Waals surface area contributed by atoms with Crippen molar-refractivity contribution in [3.63, 3.8) is 0 Å². The average molecular weight is 433 g/mol. The molecule has 1 N–H and O–H groups in total. The van der Waals surface area contributed by atoms with E-state index in [9.17, 15) is 8.42 Å². The lowest BCUT2D eigenvalue weighted by Crippen LogP contribution is -2.43. The van der Waals surface area contributed by atoms with Crippen LogP contribution in [-0.2, 0) is 15.4 Å². The quantitative estimate of drug-likeness (QED) is 0.669. The normalized spacial score (nSPS) is 18.9. The molecule has 0 atom stereocenters. The fraction of sp³-hybridized carbons (Fsp3) is 0.429. The van der Waals surface area contributed by atoms with Gasteiger partial charge in [0.05, 0.1) is 5.02 Å². The Morgan fingerprint density at radius 1 is 1.31 bits per heavy atom. The van der Waals surface area contributed by atoms with Crippen LogP contribution in [0.4, 0.5) is 5.82 Å². The molecule has 2 aliphatic rings. The van der Waals surface area contributed by atoms with Crippen molar-refractivity contribution in [2.24, 2.45) is 0 Å². The summed E-state index contributed by atoms with van der Waals surface area (Å²) in [5.74, 6) is 0.347. The standard InChI is InChI=1S/C21H25ClN4O2S/c1-15-10-18(11-15)26(2)29(27,28)19-12-17(22)13-24-20(19)25-14-21(6-3-7-21)16-4-8-23-9-5-16/h4-5,8-9,12-13,18H,1,3,6-7,10-11,14H2,2H3,(H,24,25). The maximum atomic E-state index is 13.3. The summed E-state index contributed by atoms with van der Waals surface area (Å²) in [6, 6.07) is 5.49. The number of pyridine rings is 2. The zero-order valence-electron chi connectivity index (χ0n) is 16.4. The molecule has 6 nitrogen and oxygen atoms in total. The minimum Gasteiger partial charge on any atom is -0.368 e. The summed E-state index contributed by atoms with van der Waals surface area (Å²) < 4.78 is 28.0. The van der Waals surface area contributed by atoms with Crippen molar-refractivity contribution < 1.29 is 8.42 Å². The van der Waals surface area contributed by atoms with E-state index in [-0.39, 0.29) is 16.4 Å². The minimum absolute atomic E-state index is 0.0249. The van der Waals surface area contributed by atoms with E-state index in [1.807, 2.05) is 12.1 Å². The van der Waals surface area contributed by atoms with Gasteiger partial charge < -0.3 is 5.32 Å². The number of aromatic nitrogens is 2. The maximum Gasteiger partial charge on any atom is 0.246 e. The molecule has 2 fully saturated rings. The second-order valence-corrected chi connectivity index (χ2v) is 10.5. The molecule has 0 amide bonds. The summed E-state index contributed by atoms with van der Waals surface area (Å²) in [7, 11) is -2.11. The third kappa shape index (κ3) is 3.79. The van der Waals surface area contributed by atoms with Crippen molar-refractivity contribution in [2.75, 3.05) is 18.9 Å². The highest BCUT2D eigenvalue weighted by atomic mass is 35.5. The van der Waals surface area contributed by atoms with E-state index in [4.69, 9.17) is 11.6 Å². The molecule has 0 aromatic carbocycles.